The van der Waals surface area contributed by atoms with Gasteiger partial charge >= 0.3 is 0 Å². The number of ether oxygens (including phenoxy) is 1. The minimum Gasteiger partial charge on any atom is -0.504 e. The van der Waals surface area contributed by atoms with Crippen LogP contribution < -0.4 is 4.74 Å². The molecule has 1 aromatic heterocycles. The molecule has 0 spiro atoms. The zero-order valence-electron chi connectivity index (χ0n) is 16.6. The van der Waals surface area contributed by atoms with Crippen LogP contribution in [-0.2, 0) is 11.2 Å². The second-order valence-electron chi connectivity index (χ2n) is 6.42. The van der Waals surface area contributed by atoms with E-state index in [1.54, 1.807) is 30.0 Å². The van der Waals surface area contributed by atoms with Crippen molar-refractivity contribution in [2.24, 2.45) is 0 Å². The van der Waals surface area contributed by atoms with Crippen LogP contribution in [0.15, 0.2) is 45.7 Å². The molecule has 3 rings (SSSR count). The zero-order chi connectivity index (χ0) is 20.3. The Morgan fingerprint density at radius 2 is 1.93 bits per heavy atom. The maximum atomic E-state index is 12.5. The number of methoxy groups -OCH3 is 1. The number of hydrogen-bond donors (Lipinski definition) is 1. The van der Waals surface area contributed by atoms with Crippen molar-refractivity contribution in [3.8, 4) is 22.8 Å². The van der Waals surface area contributed by atoms with E-state index in [1.165, 1.54) is 7.11 Å². The van der Waals surface area contributed by atoms with Crippen LogP contribution >= 0.6 is 11.8 Å². The van der Waals surface area contributed by atoms with Gasteiger partial charge in [0.2, 0.25) is 5.91 Å². The molecule has 2 aromatic carbocycles. The van der Waals surface area contributed by atoms with Crippen LogP contribution in [0.3, 0.4) is 0 Å². The number of nitrogens with zero attached hydrogens (tertiary/aromatic N) is 1. The molecular weight excluding hydrogens is 374 g/mol. The fourth-order valence-corrected chi connectivity index (χ4v) is 4.03. The van der Waals surface area contributed by atoms with E-state index < -0.39 is 0 Å². The maximum absolute atomic E-state index is 12.5. The molecule has 1 heterocycles. The summed E-state index contributed by atoms with van der Waals surface area (Å²) >= 11 is 1.59. The summed E-state index contributed by atoms with van der Waals surface area (Å²) in [6, 6.07) is 11.1. The van der Waals surface area contributed by atoms with Crippen LogP contribution in [0.1, 0.15) is 19.4 Å². The number of furan rings is 1. The number of phenolic OH excluding ortho intramolecular Hbond substituents is 1. The molecule has 6 heteroatoms. The van der Waals surface area contributed by atoms with Gasteiger partial charge in [0, 0.05) is 24.0 Å². The minimum atomic E-state index is 0.0882. The van der Waals surface area contributed by atoms with Gasteiger partial charge in [-0.1, -0.05) is 6.07 Å². The first-order valence-electron chi connectivity index (χ1n) is 9.26. The number of hydrogen-bond acceptors (Lipinski definition) is 5. The van der Waals surface area contributed by atoms with Gasteiger partial charge in [0.25, 0.3) is 0 Å². The van der Waals surface area contributed by atoms with Gasteiger partial charge < -0.3 is 19.2 Å². The molecule has 0 radical (unpaired) electrons. The van der Waals surface area contributed by atoms with Gasteiger partial charge in [0.1, 0.15) is 11.3 Å². The molecule has 0 bridgehead atoms. The van der Waals surface area contributed by atoms with Crippen molar-refractivity contribution < 1.29 is 19.1 Å². The number of carbonyl (C=O) groups excluding carboxylic acids is 1. The number of benzene rings is 2. The SMILES string of the molecule is CCN(CC)C(=O)Cc1ccc2oc(-c3ccc(O)c(OC)c3)c(SC)c2c1. The lowest BCUT2D eigenvalue weighted by Gasteiger charge is -2.18. The Bertz CT molecular complexity index is 992. The Morgan fingerprint density at radius 3 is 2.57 bits per heavy atom. The predicted molar refractivity (Wildman–Crippen MR) is 113 cm³/mol. The highest BCUT2D eigenvalue weighted by Crippen LogP contribution is 2.41. The lowest BCUT2D eigenvalue weighted by Crippen LogP contribution is -2.31. The van der Waals surface area contributed by atoms with E-state index >= 15 is 0 Å². The molecule has 0 aliphatic rings. The molecule has 3 aromatic rings. The van der Waals surface area contributed by atoms with Gasteiger partial charge in [0.05, 0.1) is 18.4 Å². The smallest absolute Gasteiger partial charge is 0.226 e. The zero-order valence-corrected chi connectivity index (χ0v) is 17.4. The molecule has 0 fully saturated rings. The van der Waals surface area contributed by atoms with Crippen molar-refractivity contribution in [2.45, 2.75) is 25.2 Å². The highest BCUT2D eigenvalue weighted by Gasteiger charge is 2.18. The fourth-order valence-electron chi connectivity index (χ4n) is 3.31. The normalized spacial score (nSPS) is 11.0. The third-order valence-corrected chi connectivity index (χ3v) is 5.64. The second-order valence-corrected chi connectivity index (χ2v) is 7.24. The van der Waals surface area contributed by atoms with E-state index in [9.17, 15) is 9.90 Å². The van der Waals surface area contributed by atoms with Gasteiger partial charge in [-0.3, -0.25) is 4.79 Å². The molecule has 1 amide bonds. The second kappa shape index (κ2) is 8.61. The minimum absolute atomic E-state index is 0.0882. The molecule has 0 aliphatic carbocycles. The van der Waals surface area contributed by atoms with Crippen LogP contribution in [0.25, 0.3) is 22.3 Å². The number of likely N-dealkylation sites (N-methyl/N-ethyl adjacent to an activating group) is 1. The number of thioether (sulfide) groups is 1. The van der Waals surface area contributed by atoms with E-state index in [1.807, 2.05) is 43.2 Å². The molecule has 148 valence electrons. The number of amides is 1. The lowest BCUT2D eigenvalue weighted by molar-refractivity contribution is -0.130. The topological polar surface area (TPSA) is 62.9 Å². The predicted octanol–water partition coefficient (Wildman–Crippen LogP) is 4.95. The molecule has 5 nitrogen and oxygen atoms in total. The maximum Gasteiger partial charge on any atom is 0.226 e. The van der Waals surface area contributed by atoms with E-state index in [4.69, 9.17) is 9.15 Å². The van der Waals surface area contributed by atoms with Crippen LogP contribution in [0.5, 0.6) is 11.5 Å². The van der Waals surface area contributed by atoms with Gasteiger partial charge in [-0.25, -0.2) is 0 Å². The molecule has 0 saturated heterocycles. The van der Waals surface area contributed by atoms with Gasteiger partial charge in [-0.15, -0.1) is 11.8 Å². The van der Waals surface area contributed by atoms with Gasteiger partial charge in [-0.2, -0.15) is 0 Å². The Labute approximate surface area is 169 Å². The lowest BCUT2D eigenvalue weighted by atomic mass is 10.1. The molecule has 28 heavy (non-hydrogen) atoms. The quantitative estimate of drug-likeness (QED) is 0.570. The third-order valence-electron chi connectivity index (χ3n) is 4.82. The number of rotatable bonds is 7. The van der Waals surface area contributed by atoms with Crippen LogP contribution in [0, 0.1) is 0 Å². The van der Waals surface area contributed by atoms with Crippen molar-refractivity contribution in [1.29, 1.82) is 0 Å². The average Bonchev–Trinajstić information content (AvgIpc) is 3.07. The van der Waals surface area contributed by atoms with Crippen molar-refractivity contribution >= 4 is 28.6 Å². The van der Waals surface area contributed by atoms with Crippen molar-refractivity contribution in [1.82, 2.24) is 4.90 Å². The number of aromatic hydroxyl groups is 1. The van der Waals surface area contributed by atoms with Crippen molar-refractivity contribution in [3.05, 3.63) is 42.0 Å². The van der Waals surface area contributed by atoms with Crippen LogP contribution in [0.2, 0.25) is 0 Å². The summed E-state index contributed by atoms with van der Waals surface area (Å²) in [5.41, 5.74) is 2.57. The summed E-state index contributed by atoms with van der Waals surface area (Å²) < 4.78 is 11.3. The van der Waals surface area contributed by atoms with Gasteiger partial charge in [0.15, 0.2) is 11.5 Å². The number of phenols is 1. The molecule has 1 N–H and O–H groups in total. The summed E-state index contributed by atoms with van der Waals surface area (Å²) in [5.74, 6) is 1.34. The van der Waals surface area contributed by atoms with E-state index in [0.717, 1.165) is 32.8 Å². The first-order chi connectivity index (χ1) is 13.5. The summed E-state index contributed by atoms with van der Waals surface area (Å²) in [7, 11) is 1.52. The standard InChI is InChI=1S/C22H25NO4S/c1-5-23(6-2)20(25)12-14-7-10-18-16(11-14)22(28-4)21(27-18)15-8-9-17(24)19(13-15)26-3/h7-11,13,24H,5-6,12H2,1-4H3. The Balaban J connectivity index is 2.02. The Morgan fingerprint density at radius 1 is 1.18 bits per heavy atom. The van der Waals surface area contributed by atoms with Gasteiger partial charge in [-0.05, 0) is 56.0 Å². The summed E-state index contributed by atoms with van der Waals surface area (Å²) in [6.07, 6.45) is 2.37. The number of carbonyl (C=O) groups is 1. The molecule has 0 saturated carbocycles. The van der Waals surface area contributed by atoms with E-state index in [0.29, 0.717) is 25.3 Å². The summed E-state index contributed by atoms with van der Waals surface area (Å²) in [5, 5.41) is 10.8. The largest absolute Gasteiger partial charge is 0.504 e. The highest BCUT2D eigenvalue weighted by atomic mass is 32.2. The monoisotopic (exact) mass is 399 g/mol. The average molecular weight is 400 g/mol. The van der Waals surface area contributed by atoms with Crippen LogP contribution in [0.4, 0.5) is 0 Å². The summed E-state index contributed by atoms with van der Waals surface area (Å²) in [6.45, 7) is 5.41. The third kappa shape index (κ3) is 3.83. The molecule has 0 aliphatic heterocycles. The first kappa shape index (κ1) is 20.1. The first-order valence-corrected chi connectivity index (χ1v) is 10.5. The molecule has 0 unspecified atom stereocenters. The Hall–Kier alpha value is -2.60. The van der Waals surface area contributed by atoms with E-state index in [-0.39, 0.29) is 11.7 Å². The molecular formula is C22H25NO4S. The van der Waals surface area contributed by atoms with Crippen molar-refractivity contribution in [2.75, 3.05) is 26.5 Å². The van der Waals surface area contributed by atoms with E-state index in [2.05, 4.69) is 0 Å². The Kier molecular flexibility index (Phi) is 6.19. The fraction of sp³-hybridized carbons (Fsp3) is 0.318. The number of fused-ring (bicyclic) bond motifs is 1. The molecule has 0 atom stereocenters. The van der Waals surface area contributed by atoms with Crippen LogP contribution in [-0.4, -0.2) is 42.4 Å². The van der Waals surface area contributed by atoms with Crippen molar-refractivity contribution in [3.63, 3.8) is 0 Å². The summed E-state index contributed by atoms with van der Waals surface area (Å²) in [4.78, 5) is 15.3. The highest BCUT2D eigenvalue weighted by molar-refractivity contribution is 7.99.